The van der Waals surface area contributed by atoms with Crippen molar-refractivity contribution in [3.05, 3.63) is 0 Å². The van der Waals surface area contributed by atoms with Crippen LogP contribution in [0.1, 0.15) is 32.1 Å². The Morgan fingerprint density at radius 2 is 1.80 bits per heavy atom. The van der Waals surface area contributed by atoms with E-state index in [-0.39, 0.29) is 12.0 Å². The van der Waals surface area contributed by atoms with E-state index >= 15 is 0 Å². The van der Waals surface area contributed by atoms with Gasteiger partial charge in [0.15, 0.2) is 9.84 Å². The van der Waals surface area contributed by atoms with Crippen molar-refractivity contribution >= 4 is 9.84 Å². The first kappa shape index (κ1) is 11.4. The molecule has 1 saturated carbocycles. The molecule has 1 aliphatic carbocycles. The molecule has 0 aromatic heterocycles. The zero-order valence-electron chi connectivity index (χ0n) is 8.98. The van der Waals surface area contributed by atoms with Crippen molar-refractivity contribution < 1.29 is 8.42 Å². The summed E-state index contributed by atoms with van der Waals surface area (Å²) in [5.41, 5.74) is 2.86. The Morgan fingerprint density at radius 1 is 1.13 bits per heavy atom. The van der Waals surface area contributed by atoms with E-state index in [0.717, 1.165) is 6.42 Å². The third-order valence-corrected chi connectivity index (χ3v) is 5.67. The zero-order valence-corrected chi connectivity index (χ0v) is 9.80. The lowest BCUT2D eigenvalue weighted by molar-refractivity contribution is 0.278. The second-order valence-electron chi connectivity index (χ2n) is 4.90. The Hall–Kier alpha value is -0.130. The van der Waals surface area contributed by atoms with Crippen LogP contribution in [0.15, 0.2) is 0 Å². The molecule has 2 fully saturated rings. The maximum atomic E-state index is 11.4. The summed E-state index contributed by atoms with van der Waals surface area (Å²) in [6.45, 7) is 0. The molecule has 0 aromatic rings. The van der Waals surface area contributed by atoms with Crippen LogP contribution in [0, 0.1) is 11.8 Å². The highest BCUT2D eigenvalue weighted by atomic mass is 32.2. The SMILES string of the molecule is NNC(C1CCCC1)C1CCS(=O)(=O)C1. The van der Waals surface area contributed by atoms with Crippen LogP contribution in [-0.2, 0) is 9.84 Å². The topological polar surface area (TPSA) is 72.2 Å². The van der Waals surface area contributed by atoms with E-state index in [0.29, 0.717) is 17.4 Å². The lowest BCUT2D eigenvalue weighted by Gasteiger charge is -2.27. The molecule has 0 amide bonds. The second-order valence-corrected chi connectivity index (χ2v) is 7.13. The fourth-order valence-corrected chi connectivity index (χ4v) is 4.94. The van der Waals surface area contributed by atoms with Crippen molar-refractivity contribution in [2.75, 3.05) is 11.5 Å². The van der Waals surface area contributed by atoms with Crippen LogP contribution in [0.5, 0.6) is 0 Å². The first-order chi connectivity index (χ1) is 7.12. The minimum Gasteiger partial charge on any atom is -0.271 e. The summed E-state index contributed by atoms with van der Waals surface area (Å²) < 4.78 is 22.8. The van der Waals surface area contributed by atoms with E-state index in [1.165, 1.54) is 25.7 Å². The zero-order chi connectivity index (χ0) is 10.9. The number of sulfone groups is 1. The summed E-state index contributed by atoms with van der Waals surface area (Å²) in [5, 5.41) is 0. The highest BCUT2D eigenvalue weighted by Crippen LogP contribution is 2.34. The predicted molar refractivity (Wildman–Crippen MR) is 59.8 cm³/mol. The lowest BCUT2D eigenvalue weighted by Crippen LogP contribution is -2.45. The van der Waals surface area contributed by atoms with Crippen molar-refractivity contribution in [2.24, 2.45) is 17.7 Å². The minimum absolute atomic E-state index is 0.213. The van der Waals surface area contributed by atoms with Gasteiger partial charge in [-0.2, -0.15) is 0 Å². The molecule has 2 rings (SSSR count). The quantitative estimate of drug-likeness (QED) is 0.547. The molecule has 0 spiro atoms. The van der Waals surface area contributed by atoms with E-state index in [2.05, 4.69) is 5.43 Å². The summed E-state index contributed by atoms with van der Waals surface area (Å²) in [6, 6.07) is 0.213. The van der Waals surface area contributed by atoms with Crippen molar-refractivity contribution in [2.45, 2.75) is 38.1 Å². The lowest BCUT2D eigenvalue weighted by atomic mass is 9.87. The van der Waals surface area contributed by atoms with E-state index < -0.39 is 9.84 Å². The van der Waals surface area contributed by atoms with Gasteiger partial charge in [0.05, 0.1) is 11.5 Å². The largest absolute Gasteiger partial charge is 0.271 e. The van der Waals surface area contributed by atoms with Gasteiger partial charge in [0.25, 0.3) is 0 Å². The molecule has 0 bridgehead atoms. The fraction of sp³-hybridized carbons (Fsp3) is 1.00. The van der Waals surface area contributed by atoms with Gasteiger partial charge < -0.3 is 0 Å². The van der Waals surface area contributed by atoms with Crippen LogP contribution in [0.4, 0.5) is 0 Å². The molecule has 2 atom stereocenters. The molecule has 1 aliphatic heterocycles. The molecule has 4 nitrogen and oxygen atoms in total. The Kier molecular flexibility index (Phi) is 3.33. The third-order valence-electron chi connectivity index (χ3n) is 3.88. The number of hydrogen-bond acceptors (Lipinski definition) is 4. The van der Waals surface area contributed by atoms with Gasteiger partial charge in [0, 0.05) is 6.04 Å². The molecule has 1 heterocycles. The summed E-state index contributed by atoms with van der Waals surface area (Å²) in [4.78, 5) is 0. The van der Waals surface area contributed by atoms with Gasteiger partial charge in [-0.3, -0.25) is 11.3 Å². The Labute approximate surface area is 91.5 Å². The first-order valence-corrected chi connectivity index (χ1v) is 7.61. The van der Waals surface area contributed by atoms with Crippen LogP contribution in [0.2, 0.25) is 0 Å². The van der Waals surface area contributed by atoms with Crippen LogP contribution < -0.4 is 11.3 Å². The predicted octanol–water partition coefficient (Wildman–Crippen LogP) is 0.443. The maximum absolute atomic E-state index is 11.4. The standard InChI is InChI=1S/C10H20N2O2S/c11-12-10(8-3-1-2-4-8)9-5-6-15(13,14)7-9/h8-10,12H,1-7,11H2. The van der Waals surface area contributed by atoms with Crippen LogP contribution in [-0.4, -0.2) is 26.0 Å². The molecule has 0 radical (unpaired) electrons. The van der Waals surface area contributed by atoms with Crippen molar-refractivity contribution in [1.82, 2.24) is 5.43 Å². The average Bonchev–Trinajstić information content (AvgIpc) is 2.77. The summed E-state index contributed by atoms with van der Waals surface area (Å²) in [7, 11) is -2.78. The summed E-state index contributed by atoms with van der Waals surface area (Å²) in [5.74, 6) is 7.09. The van der Waals surface area contributed by atoms with Gasteiger partial charge in [-0.05, 0) is 31.1 Å². The van der Waals surface area contributed by atoms with Gasteiger partial charge in [-0.1, -0.05) is 12.8 Å². The monoisotopic (exact) mass is 232 g/mol. The van der Waals surface area contributed by atoms with Gasteiger partial charge in [0.2, 0.25) is 0 Å². The van der Waals surface area contributed by atoms with Crippen LogP contribution in [0.3, 0.4) is 0 Å². The van der Waals surface area contributed by atoms with Gasteiger partial charge in [-0.25, -0.2) is 8.42 Å². The first-order valence-electron chi connectivity index (χ1n) is 5.79. The summed E-state index contributed by atoms with van der Waals surface area (Å²) >= 11 is 0. The van der Waals surface area contributed by atoms with Gasteiger partial charge in [-0.15, -0.1) is 0 Å². The molecular formula is C10H20N2O2S. The molecular weight excluding hydrogens is 212 g/mol. The highest BCUT2D eigenvalue weighted by molar-refractivity contribution is 7.91. The molecule has 5 heteroatoms. The van der Waals surface area contributed by atoms with Crippen molar-refractivity contribution in [3.8, 4) is 0 Å². The van der Waals surface area contributed by atoms with E-state index in [1.54, 1.807) is 0 Å². The fourth-order valence-electron chi connectivity index (χ4n) is 3.08. The maximum Gasteiger partial charge on any atom is 0.150 e. The van der Waals surface area contributed by atoms with E-state index in [4.69, 9.17) is 5.84 Å². The number of hydrazine groups is 1. The Morgan fingerprint density at radius 3 is 2.27 bits per heavy atom. The third kappa shape index (κ3) is 2.52. The minimum atomic E-state index is -2.78. The summed E-state index contributed by atoms with van der Waals surface area (Å²) in [6.07, 6.45) is 5.72. The normalized spacial score (nSPS) is 33.3. The Balaban J connectivity index is 2.01. The van der Waals surface area contributed by atoms with E-state index in [9.17, 15) is 8.42 Å². The van der Waals surface area contributed by atoms with Crippen molar-refractivity contribution in [1.29, 1.82) is 0 Å². The highest BCUT2D eigenvalue weighted by Gasteiger charge is 2.37. The van der Waals surface area contributed by atoms with Gasteiger partial charge in [0.1, 0.15) is 0 Å². The van der Waals surface area contributed by atoms with Crippen LogP contribution in [0.25, 0.3) is 0 Å². The average molecular weight is 232 g/mol. The smallest absolute Gasteiger partial charge is 0.150 e. The molecule has 2 aliphatic rings. The molecule has 0 aromatic carbocycles. The Bertz CT molecular complexity index is 309. The molecule has 2 unspecified atom stereocenters. The molecule has 1 saturated heterocycles. The van der Waals surface area contributed by atoms with Crippen LogP contribution >= 0.6 is 0 Å². The number of nitrogens with two attached hydrogens (primary N) is 1. The van der Waals surface area contributed by atoms with E-state index in [1.807, 2.05) is 0 Å². The number of hydrogen-bond donors (Lipinski definition) is 2. The van der Waals surface area contributed by atoms with Crippen molar-refractivity contribution in [3.63, 3.8) is 0 Å². The molecule has 3 N–H and O–H groups in total. The molecule has 15 heavy (non-hydrogen) atoms. The number of nitrogens with one attached hydrogen (secondary N) is 1. The number of rotatable bonds is 3. The second kappa shape index (κ2) is 4.39. The van der Waals surface area contributed by atoms with Gasteiger partial charge >= 0.3 is 0 Å². The molecule has 88 valence electrons.